The number of aromatic nitrogens is 1. The van der Waals surface area contributed by atoms with Gasteiger partial charge in [0, 0.05) is 30.6 Å². The molecular weight excluding hydrogens is 274 g/mol. The van der Waals surface area contributed by atoms with Crippen molar-refractivity contribution in [1.82, 2.24) is 4.57 Å². The number of pyridine rings is 1. The second-order valence-corrected chi connectivity index (χ2v) is 6.53. The van der Waals surface area contributed by atoms with Crippen molar-refractivity contribution in [3.8, 4) is 0 Å². The first-order valence-corrected chi connectivity index (χ1v) is 8.91. The van der Waals surface area contributed by atoms with Gasteiger partial charge in [0.1, 0.15) is 5.78 Å². The van der Waals surface area contributed by atoms with Gasteiger partial charge in [-0.1, -0.05) is 32.8 Å². The third-order valence-corrected chi connectivity index (χ3v) is 4.70. The maximum Gasteiger partial charge on any atom is 0.254 e. The Morgan fingerprint density at radius 3 is 2.64 bits per heavy atom. The minimum atomic E-state index is 0.140. The molecule has 0 aliphatic heterocycles. The summed E-state index contributed by atoms with van der Waals surface area (Å²) in [4.78, 5) is 24.6. The average Bonchev–Trinajstić information content (AvgIpc) is 2.51. The fourth-order valence-electron chi connectivity index (χ4n) is 3.48. The Bertz CT molecular complexity index is 559. The maximum absolute atomic E-state index is 12.9. The van der Waals surface area contributed by atoms with Gasteiger partial charge in [-0.05, 0) is 44.1 Å². The van der Waals surface area contributed by atoms with Crippen LogP contribution in [0.25, 0.3) is 0 Å². The molecule has 1 aliphatic carbocycles. The van der Waals surface area contributed by atoms with Gasteiger partial charge in [-0.15, -0.1) is 0 Å². The van der Waals surface area contributed by atoms with Crippen molar-refractivity contribution >= 4 is 5.78 Å². The Labute approximate surface area is 133 Å². The third kappa shape index (κ3) is 4.08. The van der Waals surface area contributed by atoms with Crippen LogP contribution >= 0.6 is 0 Å². The average molecular weight is 303 g/mol. The lowest BCUT2D eigenvalue weighted by molar-refractivity contribution is -0.120. The molecule has 1 aliphatic rings. The summed E-state index contributed by atoms with van der Waals surface area (Å²) in [5, 5.41) is 0. The molecule has 1 saturated carbocycles. The Morgan fingerprint density at radius 2 is 1.95 bits per heavy atom. The summed E-state index contributed by atoms with van der Waals surface area (Å²) < 4.78 is 1.96. The van der Waals surface area contributed by atoms with Crippen molar-refractivity contribution in [3.63, 3.8) is 0 Å². The SMILES string of the molecule is CCCCCc1ccc(C2CCCC(=O)C2)c(=O)n1CCC. The number of carbonyl (C=O) groups is 1. The van der Waals surface area contributed by atoms with E-state index in [0.29, 0.717) is 18.6 Å². The van der Waals surface area contributed by atoms with Crippen LogP contribution in [0.2, 0.25) is 0 Å². The standard InChI is InChI=1S/C19H29NO2/c1-3-5-6-9-16-11-12-18(19(22)20(16)13-4-2)15-8-7-10-17(21)14-15/h11-12,15H,3-10,13-14H2,1-2H3. The highest BCUT2D eigenvalue weighted by atomic mass is 16.1. The van der Waals surface area contributed by atoms with Gasteiger partial charge in [-0.25, -0.2) is 0 Å². The predicted molar refractivity (Wildman–Crippen MR) is 90.4 cm³/mol. The number of hydrogen-bond acceptors (Lipinski definition) is 2. The summed E-state index contributed by atoms with van der Waals surface area (Å²) in [5.74, 6) is 0.450. The Balaban J connectivity index is 2.26. The molecule has 0 radical (unpaired) electrons. The largest absolute Gasteiger partial charge is 0.312 e. The van der Waals surface area contributed by atoms with Crippen LogP contribution in [0.5, 0.6) is 0 Å². The topological polar surface area (TPSA) is 39.1 Å². The van der Waals surface area contributed by atoms with Gasteiger partial charge >= 0.3 is 0 Å². The number of hydrogen-bond donors (Lipinski definition) is 0. The Kier molecular flexibility index (Phi) is 6.41. The van der Waals surface area contributed by atoms with Crippen LogP contribution in [0, 0.1) is 0 Å². The van der Waals surface area contributed by atoms with E-state index < -0.39 is 0 Å². The molecule has 0 amide bonds. The molecule has 0 N–H and O–H groups in total. The lowest BCUT2D eigenvalue weighted by atomic mass is 9.83. The molecule has 1 atom stereocenters. The molecule has 1 aromatic heterocycles. The van der Waals surface area contributed by atoms with Crippen LogP contribution < -0.4 is 5.56 Å². The van der Waals surface area contributed by atoms with E-state index in [1.54, 1.807) is 0 Å². The van der Waals surface area contributed by atoms with Gasteiger partial charge in [-0.3, -0.25) is 9.59 Å². The van der Waals surface area contributed by atoms with Gasteiger partial charge in [-0.2, -0.15) is 0 Å². The number of rotatable bonds is 7. The molecule has 0 bridgehead atoms. The smallest absolute Gasteiger partial charge is 0.254 e. The summed E-state index contributed by atoms with van der Waals surface area (Å²) in [6.07, 6.45) is 8.63. The first-order valence-electron chi connectivity index (χ1n) is 8.91. The highest BCUT2D eigenvalue weighted by Gasteiger charge is 2.24. The number of aryl methyl sites for hydroxylation is 1. The van der Waals surface area contributed by atoms with E-state index in [-0.39, 0.29) is 11.5 Å². The number of ketones is 1. The van der Waals surface area contributed by atoms with Crippen molar-refractivity contribution in [2.24, 2.45) is 0 Å². The molecule has 1 heterocycles. The first kappa shape index (κ1) is 17.0. The van der Waals surface area contributed by atoms with Gasteiger partial charge in [0.2, 0.25) is 0 Å². The number of nitrogens with zero attached hydrogens (tertiary/aromatic N) is 1. The summed E-state index contributed by atoms with van der Waals surface area (Å²) in [6, 6.07) is 4.13. The molecule has 2 rings (SSSR count). The van der Waals surface area contributed by atoms with Gasteiger partial charge in [0.05, 0.1) is 0 Å². The predicted octanol–water partition coefficient (Wildman–Crippen LogP) is 4.22. The molecule has 3 nitrogen and oxygen atoms in total. The summed E-state index contributed by atoms with van der Waals surface area (Å²) in [7, 11) is 0. The van der Waals surface area contributed by atoms with Gasteiger partial charge in [0.15, 0.2) is 0 Å². The molecular formula is C19H29NO2. The lowest BCUT2D eigenvalue weighted by Crippen LogP contribution is -2.29. The summed E-state index contributed by atoms with van der Waals surface area (Å²) >= 11 is 0. The van der Waals surface area contributed by atoms with E-state index in [2.05, 4.69) is 19.9 Å². The van der Waals surface area contributed by atoms with E-state index in [9.17, 15) is 9.59 Å². The molecule has 0 aromatic carbocycles. The molecule has 122 valence electrons. The van der Waals surface area contributed by atoms with Crippen LogP contribution in [0.4, 0.5) is 0 Å². The quantitative estimate of drug-likeness (QED) is 0.708. The molecule has 0 spiro atoms. The molecule has 1 unspecified atom stereocenters. The first-order chi connectivity index (χ1) is 10.7. The zero-order chi connectivity index (χ0) is 15.9. The van der Waals surface area contributed by atoms with Crippen molar-refractivity contribution in [3.05, 3.63) is 33.7 Å². The zero-order valence-corrected chi connectivity index (χ0v) is 14.1. The maximum atomic E-state index is 12.9. The van der Waals surface area contributed by atoms with Crippen LogP contribution in [0.3, 0.4) is 0 Å². The number of Topliss-reactive ketones (excluding diaryl/α,β-unsaturated/α-hetero) is 1. The van der Waals surface area contributed by atoms with Crippen LogP contribution in [-0.4, -0.2) is 10.4 Å². The van der Waals surface area contributed by atoms with Gasteiger partial charge < -0.3 is 4.57 Å². The third-order valence-electron chi connectivity index (χ3n) is 4.70. The molecule has 0 saturated heterocycles. The van der Waals surface area contributed by atoms with Gasteiger partial charge in [0.25, 0.3) is 5.56 Å². The molecule has 1 aromatic rings. The van der Waals surface area contributed by atoms with E-state index >= 15 is 0 Å². The highest BCUT2D eigenvalue weighted by Crippen LogP contribution is 2.29. The molecule has 22 heavy (non-hydrogen) atoms. The minimum Gasteiger partial charge on any atom is -0.312 e. The van der Waals surface area contributed by atoms with Crippen LogP contribution in [0.15, 0.2) is 16.9 Å². The molecule has 1 fully saturated rings. The van der Waals surface area contributed by atoms with Crippen molar-refractivity contribution < 1.29 is 4.79 Å². The number of carbonyl (C=O) groups excluding carboxylic acids is 1. The summed E-state index contributed by atoms with van der Waals surface area (Å²) in [6.45, 7) is 5.09. The number of unbranched alkanes of at least 4 members (excludes halogenated alkanes) is 2. The van der Waals surface area contributed by atoms with E-state index in [1.165, 1.54) is 12.8 Å². The van der Waals surface area contributed by atoms with Crippen LogP contribution in [-0.2, 0) is 17.8 Å². The van der Waals surface area contributed by atoms with E-state index in [4.69, 9.17) is 0 Å². The fourth-order valence-corrected chi connectivity index (χ4v) is 3.48. The Hall–Kier alpha value is -1.38. The Morgan fingerprint density at radius 1 is 1.14 bits per heavy atom. The van der Waals surface area contributed by atoms with E-state index in [0.717, 1.165) is 49.9 Å². The van der Waals surface area contributed by atoms with Crippen molar-refractivity contribution in [1.29, 1.82) is 0 Å². The summed E-state index contributed by atoms with van der Waals surface area (Å²) in [5.41, 5.74) is 2.17. The zero-order valence-electron chi connectivity index (χ0n) is 14.1. The van der Waals surface area contributed by atoms with Crippen LogP contribution in [0.1, 0.15) is 82.4 Å². The monoisotopic (exact) mass is 303 g/mol. The minimum absolute atomic E-state index is 0.140. The van der Waals surface area contributed by atoms with Crippen molar-refractivity contribution in [2.75, 3.05) is 0 Å². The lowest BCUT2D eigenvalue weighted by Gasteiger charge is -2.22. The normalized spacial score (nSPS) is 18.6. The van der Waals surface area contributed by atoms with Crippen molar-refractivity contribution in [2.45, 2.75) is 84.1 Å². The second kappa shape index (κ2) is 8.30. The second-order valence-electron chi connectivity index (χ2n) is 6.53. The highest BCUT2D eigenvalue weighted by molar-refractivity contribution is 5.80. The van der Waals surface area contributed by atoms with E-state index in [1.807, 2.05) is 10.6 Å². The molecule has 3 heteroatoms. The fraction of sp³-hybridized carbons (Fsp3) is 0.684.